The van der Waals surface area contributed by atoms with Crippen molar-refractivity contribution in [2.45, 2.75) is 59.7 Å². The van der Waals surface area contributed by atoms with E-state index in [0.717, 1.165) is 39.3 Å². The molecule has 0 bridgehead atoms. The van der Waals surface area contributed by atoms with Crippen LogP contribution in [0.3, 0.4) is 0 Å². The second-order valence-electron chi connectivity index (χ2n) is 14.8. The SMILES string of the molecule is C=C(/C=C\C(C)=N)Nc1ncc2c(n1)NC(=O)N(c1cc(NCC3/C=C/N(Cc4ccccc4)C(=O)[C@H](CC(C)C)N=C(c4ccccc4)/C=C/C3)ccc1C)C2. The van der Waals surface area contributed by atoms with Crippen molar-refractivity contribution in [3.05, 3.63) is 156 Å². The van der Waals surface area contributed by atoms with Crippen molar-refractivity contribution in [3.8, 4) is 0 Å². The van der Waals surface area contributed by atoms with E-state index >= 15 is 0 Å². The van der Waals surface area contributed by atoms with E-state index in [9.17, 15) is 9.59 Å². The standard InChI is InChI=1S/C46H51N9O2/c1-31(2)25-41-44(56)54(29-36-13-8-6-9-14-36)24-23-35(15-12-18-40(51-41)37-16-10-7-11-17-37)27-48-39-22-19-32(3)42(26-39)55-30-38-28-49-45(52-43(38)53-46(55)57)50-34(5)21-20-33(4)47/h6-14,16-24,26,28,31,35,41,47-48H,5,15,25,27,29-30H2,1-4H3,(H2,49,50,52,53,57)/b18-12+,21-20-,24-23+,47-33?,51-40?/t35?,41-/m0/s1. The van der Waals surface area contributed by atoms with E-state index < -0.39 is 6.04 Å². The Morgan fingerprint density at radius 3 is 2.54 bits per heavy atom. The molecule has 4 aromatic rings. The van der Waals surface area contributed by atoms with Crippen molar-refractivity contribution in [3.63, 3.8) is 0 Å². The van der Waals surface area contributed by atoms with E-state index in [1.54, 1.807) is 30.2 Å². The monoisotopic (exact) mass is 761 g/mol. The van der Waals surface area contributed by atoms with Crippen LogP contribution in [0.25, 0.3) is 0 Å². The zero-order valence-corrected chi connectivity index (χ0v) is 33.1. The van der Waals surface area contributed by atoms with Crippen molar-refractivity contribution in [1.29, 1.82) is 5.41 Å². The number of amides is 3. The number of anilines is 4. The molecule has 1 aromatic heterocycles. The Kier molecular flexibility index (Phi) is 13.2. The third kappa shape index (κ3) is 11.0. The molecule has 2 aliphatic rings. The van der Waals surface area contributed by atoms with Gasteiger partial charge in [-0.05, 0) is 85.6 Å². The molecule has 2 atom stereocenters. The highest BCUT2D eigenvalue weighted by molar-refractivity contribution is 6.09. The van der Waals surface area contributed by atoms with E-state index in [4.69, 9.17) is 10.4 Å². The van der Waals surface area contributed by atoms with Crippen molar-refractivity contribution in [1.82, 2.24) is 14.9 Å². The Balaban J connectivity index is 1.22. The van der Waals surface area contributed by atoms with Crippen LogP contribution in [0.15, 0.2) is 139 Å². The smallest absolute Gasteiger partial charge is 0.327 e. The summed E-state index contributed by atoms with van der Waals surface area (Å²) >= 11 is 0. The van der Waals surface area contributed by atoms with Crippen LogP contribution >= 0.6 is 0 Å². The number of carbonyl (C=O) groups is 2. The number of hydrogen-bond donors (Lipinski definition) is 4. The van der Waals surface area contributed by atoms with Crippen LogP contribution in [-0.2, 0) is 17.9 Å². The maximum atomic E-state index is 14.4. The van der Waals surface area contributed by atoms with Crippen molar-refractivity contribution < 1.29 is 9.59 Å². The van der Waals surface area contributed by atoms with Gasteiger partial charge in [0.05, 0.1) is 24.5 Å². The van der Waals surface area contributed by atoms with Gasteiger partial charge >= 0.3 is 6.03 Å². The molecule has 11 nitrogen and oxygen atoms in total. The molecular formula is C46H51N9O2. The predicted molar refractivity (Wildman–Crippen MR) is 232 cm³/mol. The number of benzene rings is 3. The van der Waals surface area contributed by atoms with Gasteiger partial charge in [0.15, 0.2) is 0 Å². The number of aliphatic imine (C=N–C) groups is 1. The van der Waals surface area contributed by atoms with E-state index in [-0.39, 0.29) is 23.8 Å². The maximum absolute atomic E-state index is 14.4. The lowest BCUT2D eigenvalue weighted by Gasteiger charge is -2.30. The number of rotatable bonds is 13. The summed E-state index contributed by atoms with van der Waals surface area (Å²) in [5, 5.41) is 17.1. The van der Waals surface area contributed by atoms with Crippen LogP contribution < -0.4 is 20.9 Å². The maximum Gasteiger partial charge on any atom is 0.327 e. The van der Waals surface area contributed by atoms with Gasteiger partial charge in [0.2, 0.25) is 5.95 Å². The molecule has 0 fully saturated rings. The van der Waals surface area contributed by atoms with E-state index in [0.29, 0.717) is 55.7 Å². The highest BCUT2D eigenvalue weighted by Crippen LogP contribution is 2.31. The average molecular weight is 762 g/mol. The Bertz CT molecular complexity index is 2210. The summed E-state index contributed by atoms with van der Waals surface area (Å²) in [7, 11) is 0. The average Bonchev–Trinajstić information content (AvgIpc) is 3.22. The van der Waals surface area contributed by atoms with Gasteiger partial charge in [-0.2, -0.15) is 4.98 Å². The number of urea groups is 1. The van der Waals surface area contributed by atoms with Crippen molar-refractivity contribution in [2.24, 2.45) is 16.8 Å². The molecule has 11 heteroatoms. The molecule has 0 radical (unpaired) electrons. The minimum atomic E-state index is -0.534. The third-order valence-electron chi connectivity index (χ3n) is 9.61. The van der Waals surface area contributed by atoms with Gasteiger partial charge in [-0.1, -0.05) is 99.3 Å². The molecule has 0 aliphatic carbocycles. The third-order valence-corrected chi connectivity index (χ3v) is 9.61. The van der Waals surface area contributed by atoms with E-state index in [1.807, 2.05) is 96.9 Å². The Morgan fingerprint density at radius 1 is 1.05 bits per heavy atom. The molecule has 292 valence electrons. The summed E-state index contributed by atoms with van der Waals surface area (Å²) in [6.45, 7) is 13.2. The molecule has 3 amide bonds. The lowest BCUT2D eigenvalue weighted by Crippen LogP contribution is -2.39. The normalized spacial score (nSPS) is 18.3. The highest BCUT2D eigenvalue weighted by atomic mass is 16.2. The largest absolute Gasteiger partial charge is 0.384 e. The number of nitrogens with zero attached hydrogens (tertiary/aromatic N) is 5. The van der Waals surface area contributed by atoms with E-state index in [1.165, 1.54) is 0 Å². The highest BCUT2D eigenvalue weighted by Gasteiger charge is 2.28. The summed E-state index contributed by atoms with van der Waals surface area (Å²) in [5.74, 6) is 1.01. The van der Waals surface area contributed by atoms with Gasteiger partial charge < -0.3 is 20.9 Å². The van der Waals surface area contributed by atoms with Crippen molar-refractivity contribution in [2.75, 3.05) is 27.4 Å². The van der Waals surface area contributed by atoms with Crippen LogP contribution in [0.1, 0.15) is 55.9 Å². The Labute approximate surface area is 335 Å². The number of aromatic nitrogens is 2. The quantitative estimate of drug-likeness (QED) is 0.0792. The topological polar surface area (TPSA) is 139 Å². The minimum absolute atomic E-state index is 0.0292. The van der Waals surface area contributed by atoms with Crippen LogP contribution in [0.2, 0.25) is 0 Å². The first-order valence-electron chi connectivity index (χ1n) is 19.3. The molecule has 0 spiro atoms. The summed E-state index contributed by atoms with van der Waals surface area (Å²) in [6, 6.07) is 25.3. The Hall–Kier alpha value is -6.62. The molecule has 6 rings (SSSR count). The number of hydrogen-bond acceptors (Lipinski definition) is 8. The van der Waals surface area contributed by atoms with Gasteiger partial charge in [0, 0.05) is 41.6 Å². The zero-order chi connectivity index (χ0) is 40.3. The fraction of sp³-hybridized carbons (Fsp3) is 0.261. The molecular weight excluding hydrogens is 711 g/mol. The van der Waals surface area contributed by atoms with Crippen LogP contribution in [0.4, 0.5) is 27.9 Å². The number of allylic oxidation sites excluding steroid dienone is 4. The van der Waals surface area contributed by atoms with Crippen LogP contribution in [0.5, 0.6) is 0 Å². The molecule has 1 unspecified atom stereocenters. The van der Waals surface area contributed by atoms with Crippen LogP contribution in [-0.4, -0.2) is 50.8 Å². The fourth-order valence-corrected chi connectivity index (χ4v) is 6.60. The lowest BCUT2D eigenvalue weighted by molar-refractivity contribution is -0.130. The molecule has 4 N–H and O–H groups in total. The molecule has 2 aliphatic heterocycles. The number of fused-ring (bicyclic) bond motifs is 1. The summed E-state index contributed by atoms with van der Waals surface area (Å²) in [6.07, 6.45) is 14.6. The van der Waals surface area contributed by atoms with Crippen molar-refractivity contribution >= 4 is 46.5 Å². The first kappa shape index (κ1) is 40.1. The molecule has 3 heterocycles. The second kappa shape index (κ2) is 18.8. The second-order valence-corrected chi connectivity index (χ2v) is 14.8. The fourth-order valence-electron chi connectivity index (χ4n) is 6.60. The first-order chi connectivity index (χ1) is 27.5. The molecule has 0 saturated carbocycles. The molecule has 0 saturated heterocycles. The zero-order valence-electron chi connectivity index (χ0n) is 33.1. The molecule has 57 heavy (non-hydrogen) atoms. The predicted octanol–water partition coefficient (Wildman–Crippen LogP) is 9.29. The first-order valence-corrected chi connectivity index (χ1v) is 19.3. The number of nitrogens with one attached hydrogen (secondary N) is 4. The summed E-state index contributed by atoms with van der Waals surface area (Å²) in [5.41, 5.74) is 7.08. The summed E-state index contributed by atoms with van der Waals surface area (Å²) in [4.78, 5) is 45.4. The lowest BCUT2D eigenvalue weighted by atomic mass is 10.0. The number of aryl methyl sites for hydroxylation is 1. The van der Waals surface area contributed by atoms with Gasteiger partial charge in [0.25, 0.3) is 5.91 Å². The van der Waals surface area contributed by atoms with Gasteiger partial charge in [-0.3, -0.25) is 20.0 Å². The van der Waals surface area contributed by atoms with Gasteiger partial charge in [-0.25, -0.2) is 9.78 Å². The minimum Gasteiger partial charge on any atom is -0.384 e. The van der Waals surface area contributed by atoms with Crippen LogP contribution in [0, 0.1) is 24.2 Å². The number of carbonyl (C=O) groups excluding carboxylic acids is 2. The molecule has 3 aromatic carbocycles. The van der Waals surface area contributed by atoms with Gasteiger partial charge in [0.1, 0.15) is 11.9 Å². The Morgan fingerprint density at radius 2 is 1.81 bits per heavy atom. The van der Waals surface area contributed by atoms with E-state index in [2.05, 4.69) is 64.6 Å². The summed E-state index contributed by atoms with van der Waals surface area (Å²) < 4.78 is 0. The van der Waals surface area contributed by atoms with Gasteiger partial charge in [-0.15, -0.1) is 0 Å².